The second-order valence-corrected chi connectivity index (χ2v) is 5.72. The Labute approximate surface area is 113 Å². The molecule has 100 valence electrons. The lowest BCUT2D eigenvalue weighted by atomic mass is 10.0. The van der Waals surface area contributed by atoms with Gasteiger partial charge in [-0.05, 0) is 24.5 Å². The van der Waals surface area contributed by atoms with Crippen LogP contribution in [0.2, 0.25) is 0 Å². The molecule has 0 fully saturated rings. The van der Waals surface area contributed by atoms with Crippen LogP contribution in [0.3, 0.4) is 0 Å². The van der Waals surface area contributed by atoms with Gasteiger partial charge in [-0.1, -0.05) is 25.5 Å². The van der Waals surface area contributed by atoms with E-state index in [1.54, 1.807) is 18.2 Å². The highest BCUT2D eigenvalue weighted by Crippen LogP contribution is 2.20. The molecular weight excluding hydrogens is 262 g/mol. The number of aryl methyl sites for hydroxylation is 1. The Morgan fingerprint density at radius 2 is 2.05 bits per heavy atom. The molecule has 0 unspecified atom stereocenters. The molecule has 6 heteroatoms. The van der Waals surface area contributed by atoms with Crippen molar-refractivity contribution in [2.24, 2.45) is 0 Å². The van der Waals surface area contributed by atoms with E-state index in [0.29, 0.717) is 6.42 Å². The molecule has 1 aromatic carbocycles. The third-order valence-electron chi connectivity index (χ3n) is 2.65. The van der Waals surface area contributed by atoms with Gasteiger partial charge in [-0.25, -0.2) is 8.42 Å². The summed E-state index contributed by atoms with van der Waals surface area (Å²) in [6.07, 6.45) is 2.53. The average Bonchev–Trinajstić information content (AvgIpc) is 2.42. The highest BCUT2D eigenvalue weighted by atomic mass is 32.2. The Hall–Kier alpha value is -1.89. The molecule has 19 heavy (non-hydrogen) atoms. The fourth-order valence-corrected chi connectivity index (χ4v) is 2.82. The second-order valence-electron chi connectivity index (χ2n) is 3.99. The fourth-order valence-electron chi connectivity index (χ4n) is 1.71. The zero-order valence-electron chi connectivity index (χ0n) is 10.7. The van der Waals surface area contributed by atoms with Crippen LogP contribution in [-0.4, -0.2) is 15.0 Å². The summed E-state index contributed by atoms with van der Waals surface area (Å²) in [5, 5.41) is 17.6. The molecule has 0 saturated carbocycles. The van der Waals surface area contributed by atoms with E-state index in [4.69, 9.17) is 5.26 Å². The molecule has 0 aliphatic heterocycles. The van der Waals surface area contributed by atoms with Crippen molar-refractivity contribution in [3.05, 3.63) is 29.3 Å². The Morgan fingerprint density at radius 1 is 1.32 bits per heavy atom. The van der Waals surface area contributed by atoms with Crippen LogP contribution < -0.4 is 4.72 Å². The van der Waals surface area contributed by atoms with E-state index in [1.807, 2.05) is 13.0 Å². The van der Waals surface area contributed by atoms with Gasteiger partial charge in [0, 0.05) is 0 Å². The van der Waals surface area contributed by atoms with Gasteiger partial charge in [0.2, 0.25) is 10.0 Å². The quantitative estimate of drug-likeness (QED) is 0.801. The standard InChI is InChI=1S/C13H15N3O2S/c1-2-3-5-11-6-4-7-13(12(11)10-15)19(17,18)16-9-8-14/h4,6-7,16H,2-3,5,9H2,1H3. The minimum Gasteiger partial charge on any atom is -0.207 e. The van der Waals surface area contributed by atoms with E-state index in [1.165, 1.54) is 6.07 Å². The number of hydrogen-bond acceptors (Lipinski definition) is 4. The molecule has 0 spiro atoms. The van der Waals surface area contributed by atoms with Crippen LogP contribution in [0.5, 0.6) is 0 Å². The molecule has 0 bridgehead atoms. The number of nitrogens with zero attached hydrogens (tertiary/aromatic N) is 2. The number of nitrogens with one attached hydrogen (secondary N) is 1. The van der Waals surface area contributed by atoms with Crippen LogP contribution in [0.4, 0.5) is 0 Å². The fraction of sp³-hybridized carbons (Fsp3) is 0.385. The molecule has 0 atom stereocenters. The van der Waals surface area contributed by atoms with Crippen LogP contribution in [0.1, 0.15) is 30.9 Å². The van der Waals surface area contributed by atoms with Gasteiger partial charge < -0.3 is 0 Å². The molecule has 5 nitrogen and oxygen atoms in total. The first-order valence-corrected chi connectivity index (χ1v) is 7.43. The van der Waals surface area contributed by atoms with Crippen LogP contribution in [-0.2, 0) is 16.4 Å². The first-order valence-electron chi connectivity index (χ1n) is 5.95. The van der Waals surface area contributed by atoms with E-state index >= 15 is 0 Å². The summed E-state index contributed by atoms with van der Waals surface area (Å²) in [7, 11) is -3.81. The number of nitriles is 2. The molecule has 0 aliphatic rings. The highest BCUT2D eigenvalue weighted by Gasteiger charge is 2.20. The van der Waals surface area contributed by atoms with E-state index in [9.17, 15) is 13.7 Å². The maximum Gasteiger partial charge on any atom is 0.242 e. The van der Waals surface area contributed by atoms with Crippen molar-refractivity contribution in [2.45, 2.75) is 31.1 Å². The number of benzene rings is 1. The van der Waals surface area contributed by atoms with Crippen molar-refractivity contribution in [3.63, 3.8) is 0 Å². The van der Waals surface area contributed by atoms with Gasteiger partial charge in [0.15, 0.2) is 0 Å². The molecule has 0 aliphatic carbocycles. The summed E-state index contributed by atoms with van der Waals surface area (Å²) >= 11 is 0. The van der Waals surface area contributed by atoms with E-state index < -0.39 is 10.0 Å². The Bertz CT molecular complexity index is 624. The molecule has 0 saturated heterocycles. The first-order chi connectivity index (χ1) is 9.06. The summed E-state index contributed by atoms with van der Waals surface area (Å²) in [5.74, 6) is 0. The van der Waals surface area contributed by atoms with Crippen molar-refractivity contribution in [2.75, 3.05) is 6.54 Å². The van der Waals surface area contributed by atoms with Crippen molar-refractivity contribution in [3.8, 4) is 12.1 Å². The van der Waals surface area contributed by atoms with Gasteiger partial charge in [0.1, 0.15) is 11.0 Å². The van der Waals surface area contributed by atoms with Crippen molar-refractivity contribution >= 4 is 10.0 Å². The lowest BCUT2D eigenvalue weighted by molar-refractivity contribution is 0.585. The predicted octanol–water partition coefficient (Wildman–Crippen LogP) is 1.70. The normalized spacial score (nSPS) is 10.7. The highest BCUT2D eigenvalue weighted by molar-refractivity contribution is 7.89. The number of unbranched alkanes of at least 4 members (excludes halogenated alkanes) is 1. The molecule has 0 radical (unpaired) electrons. The number of hydrogen-bond donors (Lipinski definition) is 1. The zero-order chi connectivity index (χ0) is 14.3. The minimum absolute atomic E-state index is 0.0566. The van der Waals surface area contributed by atoms with Crippen LogP contribution in [0, 0.1) is 22.7 Å². The van der Waals surface area contributed by atoms with Crippen molar-refractivity contribution in [1.82, 2.24) is 4.72 Å². The second kappa shape index (κ2) is 6.89. The number of sulfonamides is 1. The van der Waals surface area contributed by atoms with E-state index in [2.05, 4.69) is 4.72 Å². The molecule has 0 aromatic heterocycles. The predicted molar refractivity (Wildman–Crippen MR) is 70.6 cm³/mol. The average molecular weight is 277 g/mol. The summed E-state index contributed by atoms with van der Waals surface area (Å²) in [6, 6.07) is 8.42. The maximum absolute atomic E-state index is 12.0. The molecule has 1 aromatic rings. The van der Waals surface area contributed by atoms with Crippen LogP contribution in [0.25, 0.3) is 0 Å². The lowest BCUT2D eigenvalue weighted by Gasteiger charge is -2.09. The SMILES string of the molecule is CCCCc1cccc(S(=O)(=O)NCC#N)c1C#N. The molecule has 1 rings (SSSR count). The summed E-state index contributed by atoms with van der Waals surface area (Å²) in [5.41, 5.74) is 0.894. The Balaban J connectivity index is 3.22. The minimum atomic E-state index is -3.81. The molecule has 0 heterocycles. The summed E-state index contributed by atoms with van der Waals surface area (Å²) in [6.45, 7) is 1.72. The third kappa shape index (κ3) is 3.78. The topological polar surface area (TPSA) is 93.8 Å². The monoisotopic (exact) mass is 277 g/mol. The van der Waals surface area contributed by atoms with Gasteiger partial charge in [-0.3, -0.25) is 0 Å². The van der Waals surface area contributed by atoms with Gasteiger partial charge in [0.05, 0.1) is 18.2 Å². The Kier molecular flexibility index (Phi) is 5.50. The van der Waals surface area contributed by atoms with Gasteiger partial charge in [-0.2, -0.15) is 15.2 Å². The lowest BCUT2D eigenvalue weighted by Crippen LogP contribution is -2.25. The maximum atomic E-state index is 12.0. The first kappa shape index (κ1) is 15.2. The van der Waals surface area contributed by atoms with Gasteiger partial charge >= 0.3 is 0 Å². The van der Waals surface area contributed by atoms with E-state index in [-0.39, 0.29) is 17.0 Å². The van der Waals surface area contributed by atoms with Crippen LogP contribution in [0.15, 0.2) is 23.1 Å². The summed E-state index contributed by atoms with van der Waals surface area (Å²) in [4.78, 5) is -0.0566. The van der Waals surface area contributed by atoms with Gasteiger partial charge in [0.25, 0.3) is 0 Å². The van der Waals surface area contributed by atoms with E-state index in [0.717, 1.165) is 18.4 Å². The zero-order valence-corrected chi connectivity index (χ0v) is 11.5. The molecule has 1 N–H and O–H groups in total. The number of rotatable bonds is 6. The van der Waals surface area contributed by atoms with Crippen molar-refractivity contribution in [1.29, 1.82) is 10.5 Å². The van der Waals surface area contributed by atoms with Crippen LogP contribution >= 0.6 is 0 Å². The molecular formula is C13H15N3O2S. The van der Waals surface area contributed by atoms with Crippen molar-refractivity contribution < 1.29 is 8.42 Å². The smallest absolute Gasteiger partial charge is 0.207 e. The third-order valence-corrected chi connectivity index (χ3v) is 4.10. The molecule has 0 amide bonds. The van der Waals surface area contributed by atoms with Gasteiger partial charge in [-0.15, -0.1) is 0 Å². The summed E-state index contributed by atoms with van der Waals surface area (Å²) < 4.78 is 26.1. The largest absolute Gasteiger partial charge is 0.242 e. The Morgan fingerprint density at radius 3 is 2.63 bits per heavy atom.